The standard InChI is InChI=1S/C12H13BrN4O/c13-11-8-15-9-17(12(11)18)6-5-14-7-10-3-1-2-4-16-10/h1-4,8-9,14H,5-7H2. The lowest BCUT2D eigenvalue weighted by Gasteiger charge is -2.06. The van der Waals surface area contributed by atoms with Crippen LogP contribution in [0, 0.1) is 0 Å². The topological polar surface area (TPSA) is 59.8 Å². The van der Waals surface area contributed by atoms with Gasteiger partial charge in [0.2, 0.25) is 0 Å². The molecule has 0 bridgehead atoms. The molecule has 6 heteroatoms. The molecule has 2 aromatic rings. The lowest BCUT2D eigenvalue weighted by atomic mass is 10.3. The zero-order chi connectivity index (χ0) is 12.8. The summed E-state index contributed by atoms with van der Waals surface area (Å²) in [7, 11) is 0. The molecule has 0 aromatic carbocycles. The quantitative estimate of drug-likeness (QED) is 0.843. The molecule has 18 heavy (non-hydrogen) atoms. The molecule has 0 saturated heterocycles. The number of pyridine rings is 1. The Labute approximate surface area is 113 Å². The van der Waals surface area contributed by atoms with E-state index in [0.717, 1.165) is 5.69 Å². The number of nitrogens with zero attached hydrogens (tertiary/aromatic N) is 3. The van der Waals surface area contributed by atoms with Gasteiger partial charge in [0.1, 0.15) is 4.47 Å². The van der Waals surface area contributed by atoms with E-state index in [1.54, 1.807) is 10.8 Å². The molecule has 0 fully saturated rings. The van der Waals surface area contributed by atoms with Crippen LogP contribution in [0.4, 0.5) is 0 Å². The van der Waals surface area contributed by atoms with Gasteiger partial charge >= 0.3 is 0 Å². The van der Waals surface area contributed by atoms with Crippen LogP contribution in [-0.2, 0) is 13.1 Å². The van der Waals surface area contributed by atoms with Gasteiger partial charge < -0.3 is 5.32 Å². The van der Waals surface area contributed by atoms with Gasteiger partial charge in [-0.1, -0.05) is 6.07 Å². The van der Waals surface area contributed by atoms with Crippen LogP contribution in [0.15, 0.2) is 46.2 Å². The number of rotatable bonds is 5. The van der Waals surface area contributed by atoms with Crippen molar-refractivity contribution >= 4 is 15.9 Å². The number of aromatic nitrogens is 3. The van der Waals surface area contributed by atoms with Gasteiger partial charge in [-0.3, -0.25) is 14.3 Å². The van der Waals surface area contributed by atoms with Crippen LogP contribution in [0.25, 0.3) is 0 Å². The summed E-state index contributed by atoms with van der Waals surface area (Å²) >= 11 is 3.17. The van der Waals surface area contributed by atoms with Gasteiger partial charge in [0, 0.05) is 32.0 Å². The van der Waals surface area contributed by atoms with E-state index in [2.05, 4.69) is 31.2 Å². The molecule has 2 aromatic heterocycles. The van der Waals surface area contributed by atoms with Crippen molar-refractivity contribution in [3.8, 4) is 0 Å². The van der Waals surface area contributed by atoms with Crippen LogP contribution < -0.4 is 10.9 Å². The summed E-state index contributed by atoms with van der Waals surface area (Å²) in [6.45, 7) is 1.96. The van der Waals surface area contributed by atoms with E-state index in [1.807, 2.05) is 18.2 Å². The van der Waals surface area contributed by atoms with Crippen LogP contribution >= 0.6 is 15.9 Å². The van der Waals surface area contributed by atoms with Gasteiger partial charge in [-0.25, -0.2) is 4.98 Å². The van der Waals surface area contributed by atoms with E-state index < -0.39 is 0 Å². The predicted molar refractivity (Wildman–Crippen MR) is 72.1 cm³/mol. The summed E-state index contributed by atoms with van der Waals surface area (Å²) in [6.07, 6.45) is 4.80. The lowest BCUT2D eigenvalue weighted by Crippen LogP contribution is -2.27. The van der Waals surface area contributed by atoms with E-state index in [0.29, 0.717) is 24.1 Å². The van der Waals surface area contributed by atoms with Crippen molar-refractivity contribution in [1.29, 1.82) is 0 Å². The monoisotopic (exact) mass is 308 g/mol. The van der Waals surface area contributed by atoms with Crippen molar-refractivity contribution < 1.29 is 0 Å². The molecule has 0 aliphatic carbocycles. The minimum absolute atomic E-state index is 0.0652. The molecular formula is C12H13BrN4O. The minimum atomic E-state index is -0.0652. The van der Waals surface area contributed by atoms with Crippen molar-refractivity contribution in [2.75, 3.05) is 6.54 Å². The second-order valence-electron chi connectivity index (χ2n) is 3.74. The lowest BCUT2D eigenvalue weighted by molar-refractivity contribution is 0.572. The summed E-state index contributed by atoms with van der Waals surface area (Å²) in [5.41, 5.74) is 0.918. The molecule has 2 heterocycles. The van der Waals surface area contributed by atoms with Gasteiger partial charge in [0.25, 0.3) is 5.56 Å². The van der Waals surface area contributed by atoms with E-state index >= 15 is 0 Å². The molecular weight excluding hydrogens is 296 g/mol. The molecule has 0 aliphatic heterocycles. The van der Waals surface area contributed by atoms with Crippen molar-refractivity contribution in [3.05, 3.63) is 57.4 Å². The number of hydrogen-bond acceptors (Lipinski definition) is 4. The largest absolute Gasteiger partial charge is 0.309 e. The zero-order valence-electron chi connectivity index (χ0n) is 9.71. The van der Waals surface area contributed by atoms with Crippen LogP contribution in [0.5, 0.6) is 0 Å². The maximum atomic E-state index is 11.7. The molecule has 0 radical (unpaired) electrons. The fourth-order valence-corrected chi connectivity index (χ4v) is 1.85. The van der Waals surface area contributed by atoms with Crippen LogP contribution in [0.1, 0.15) is 5.69 Å². The molecule has 0 spiro atoms. The van der Waals surface area contributed by atoms with Crippen molar-refractivity contribution in [3.63, 3.8) is 0 Å². The normalized spacial score (nSPS) is 10.5. The third-order valence-corrected chi connectivity index (χ3v) is 2.96. The van der Waals surface area contributed by atoms with Gasteiger partial charge in [-0.2, -0.15) is 0 Å². The Bertz CT molecular complexity index is 556. The highest BCUT2D eigenvalue weighted by Gasteiger charge is 2.00. The Balaban J connectivity index is 1.82. The highest BCUT2D eigenvalue weighted by Crippen LogP contribution is 1.97. The third kappa shape index (κ3) is 3.48. The highest BCUT2D eigenvalue weighted by molar-refractivity contribution is 9.10. The summed E-state index contributed by atoms with van der Waals surface area (Å²) in [5.74, 6) is 0. The Hall–Kier alpha value is -1.53. The van der Waals surface area contributed by atoms with Crippen molar-refractivity contribution in [2.24, 2.45) is 0 Å². The van der Waals surface area contributed by atoms with Crippen LogP contribution in [0.3, 0.4) is 0 Å². The van der Waals surface area contributed by atoms with Gasteiger partial charge in [0.15, 0.2) is 0 Å². The van der Waals surface area contributed by atoms with E-state index in [9.17, 15) is 4.79 Å². The average molecular weight is 309 g/mol. The average Bonchev–Trinajstić information content (AvgIpc) is 2.40. The van der Waals surface area contributed by atoms with Crippen LogP contribution in [-0.4, -0.2) is 21.1 Å². The molecule has 0 saturated carbocycles. The molecule has 0 atom stereocenters. The van der Waals surface area contributed by atoms with E-state index in [1.165, 1.54) is 12.5 Å². The Kier molecular flexibility index (Phi) is 4.60. The third-order valence-electron chi connectivity index (χ3n) is 2.42. The summed E-state index contributed by atoms with van der Waals surface area (Å²) in [6, 6.07) is 5.79. The second-order valence-corrected chi connectivity index (χ2v) is 4.59. The maximum Gasteiger partial charge on any atom is 0.267 e. The van der Waals surface area contributed by atoms with Gasteiger partial charge in [0.05, 0.1) is 12.0 Å². The summed E-state index contributed by atoms with van der Waals surface area (Å²) in [5, 5.41) is 3.23. The summed E-state index contributed by atoms with van der Waals surface area (Å²) in [4.78, 5) is 19.8. The summed E-state index contributed by atoms with van der Waals surface area (Å²) < 4.78 is 2.05. The maximum absolute atomic E-state index is 11.7. The van der Waals surface area contributed by atoms with Crippen molar-refractivity contribution in [2.45, 2.75) is 13.1 Å². The fraction of sp³-hybridized carbons (Fsp3) is 0.250. The Morgan fingerprint density at radius 1 is 1.39 bits per heavy atom. The zero-order valence-corrected chi connectivity index (χ0v) is 11.3. The highest BCUT2D eigenvalue weighted by atomic mass is 79.9. The molecule has 1 N–H and O–H groups in total. The molecule has 0 unspecified atom stereocenters. The van der Waals surface area contributed by atoms with Gasteiger partial charge in [-0.15, -0.1) is 0 Å². The number of hydrogen-bond donors (Lipinski definition) is 1. The second kappa shape index (κ2) is 6.42. The smallest absolute Gasteiger partial charge is 0.267 e. The molecule has 5 nitrogen and oxygen atoms in total. The first-order valence-electron chi connectivity index (χ1n) is 5.58. The first-order valence-corrected chi connectivity index (χ1v) is 6.37. The first kappa shape index (κ1) is 12.9. The fourth-order valence-electron chi connectivity index (χ4n) is 1.50. The van der Waals surface area contributed by atoms with Crippen molar-refractivity contribution in [1.82, 2.24) is 19.9 Å². The predicted octanol–water partition coefficient (Wildman–Crippen LogP) is 1.19. The molecule has 2 rings (SSSR count). The van der Waals surface area contributed by atoms with Crippen LogP contribution in [0.2, 0.25) is 0 Å². The minimum Gasteiger partial charge on any atom is -0.309 e. The number of nitrogens with one attached hydrogen (secondary N) is 1. The van der Waals surface area contributed by atoms with Gasteiger partial charge in [-0.05, 0) is 28.1 Å². The number of halogens is 1. The molecule has 0 aliphatic rings. The first-order chi connectivity index (χ1) is 8.77. The van der Waals surface area contributed by atoms with E-state index in [4.69, 9.17) is 0 Å². The SMILES string of the molecule is O=c1c(Br)cncn1CCNCc1ccccn1. The Morgan fingerprint density at radius 2 is 2.28 bits per heavy atom. The molecule has 0 amide bonds. The van der Waals surface area contributed by atoms with E-state index in [-0.39, 0.29) is 5.56 Å². The Morgan fingerprint density at radius 3 is 3.06 bits per heavy atom. The molecule has 94 valence electrons.